The molecule has 0 aliphatic heterocycles. The van der Waals surface area contributed by atoms with E-state index in [1.54, 1.807) is 18.4 Å². The second kappa shape index (κ2) is 6.08. The van der Waals surface area contributed by atoms with Crippen molar-refractivity contribution >= 4 is 48.9 Å². The second-order valence-electron chi connectivity index (χ2n) is 3.85. The molecule has 0 spiro atoms. The minimum atomic E-state index is 0.254. The summed E-state index contributed by atoms with van der Waals surface area (Å²) in [6, 6.07) is 10.4. The number of rotatable bonds is 4. The van der Waals surface area contributed by atoms with E-state index in [2.05, 4.69) is 56.2 Å². The van der Waals surface area contributed by atoms with Gasteiger partial charge < -0.3 is 10.1 Å². The molecule has 0 bridgehead atoms. The smallest absolute Gasteiger partial charge is 0.121 e. The van der Waals surface area contributed by atoms with E-state index < -0.39 is 0 Å². The second-order valence-corrected chi connectivity index (χ2v) is 7.20. The lowest BCUT2D eigenvalue weighted by atomic mass is 10.2. The Morgan fingerprint density at radius 3 is 2.61 bits per heavy atom. The zero-order chi connectivity index (χ0) is 13.1. The molecule has 5 heteroatoms. The number of ether oxygens (including phenoxy) is 1. The van der Waals surface area contributed by atoms with Crippen molar-refractivity contribution in [1.29, 1.82) is 0 Å². The van der Waals surface area contributed by atoms with Crippen LogP contribution in [-0.4, -0.2) is 7.11 Å². The highest BCUT2D eigenvalue weighted by molar-refractivity contribution is 9.11. The van der Waals surface area contributed by atoms with Crippen LogP contribution in [-0.2, 0) is 0 Å². The summed E-state index contributed by atoms with van der Waals surface area (Å²) in [7, 11) is 1.67. The lowest BCUT2D eigenvalue weighted by molar-refractivity contribution is 0.415. The minimum absolute atomic E-state index is 0.254. The SMILES string of the molecule is COc1ccc(Br)c(NC(C)c2ccc(Br)s2)c1. The van der Waals surface area contributed by atoms with Crippen LogP contribution in [0.1, 0.15) is 17.8 Å². The van der Waals surface area contributed by atoms with Crippen LogP contribution in [0, 0.1) is 0 Å². The van der Waals surface area contributed by atoms with Crippen LogP contribution in [0.2, 0.25) is 0 Å². The Balaban J connectivity index is 2.18. The van der Waals surface area contributed by atoms with Gasteiger partial charge in [0.1, 0.15) is 5.75 Å². The number of methoxy groups -OCH3 is 1. The van der Waals surface area contributed by atoms with Crippen LogP contribution in [0.5, 0.6) is 5.75 Å². The van der Waals surface area contributed by atoms with Crippen LogP contribution in [0.25, 0.3) is 0 Å². The summed E-state index contributed by atoms with van der Waals surface area (Å²) in [4.78, 5) is 1.29. The third-order valence-electron chi connectivity index (χ3n) is 2.57. The molecule has 0 saturated heterocycles. The number of hydrogen-bond acceptors (Lipinski definition) is 3. The summed E-state index contributed by atoms with van der Waals surface area (Å²) in [6.45, 7) is 2.14. The van der Waals surface area contributed by atoms with Crippen molar-refractivity contribution in [2.75, 3.05) is 12.4 Å². The molecule has 2 nitrogen and oxygen atoms in total. The molecule has 2 aromatic rings. The summed E-state index contributed by atoms with van der Waals surface area (Å²) in [5.41, 5.74) is 1.03. The number of nitrogens with one attached hydrogen (secondary N) is 1. The van der Waals surface area contributed by atoms with Gasteiger partial charge in [0.2, 0.25) is 0 Å². The molecule has 1 atom stereocenters. The average Bonchev–Trinajstić information content (AvgIpc) is 2.79. The Bertz CT molecular complexity index is 542. The summed E-state index contributed by atoms with van der Waals surface area (Å²) in [5, 5.41) is 3.48. The van der Waals surface area contributed by atoms with Crippen molar-refractivity contribution in [3.05, 3.63) is 43.5 Å². The number of hydrogen-bond donors (Lipinski definition) is 1. The third-order valence-corrected chi connectivity index (χ3v) is 5.06. The zero-order valence-corrected chi connectivity index (χ0v) is 14.0. The number of anilines is 1. The van der Waals surface area contributed by atoms with Crippen LogP contribution >= 0.6 is 43.2 Å². The van der Waals surface area contributed by atoms with Crippen molar-refractivity contribution in [2.24, 2.45) is 0 Å². The van der Waals surface area contributed by atoms with Gasteiger partial charge in [0, 0.05) is 15.4 Å². The molecule has 0 aliphatic carbocycles. The molecule has 1 aromatic heterocycles. The predicted molar refractivity (Wildman–Crippen MR) is 84.8 cm³/mol. The van der Waals surface area contributed by atoms with Gasteiger partial charge >= 0.3 is 0 Å². The van der Waals surface area contributed by atoms with E-state index in [1.165, 1.54) is 4.88 Å². The van der Waals surface area contributed by atoms with Gasteiger partial charge in [-0.1, -0.05) is 0 Å². The molecule has 1 aromatic carbocycles. The van der Waals surface area contributed by atoms with E-state index >= 15 is 0 Å². The van der Waals surface area contributed by atoms with Crippen molar-refractivity contribution in [2.45, 2.75) is 13.0 Å². The number of benzene rings is 1. The van der Waals surface area contributed by atoms with Gasteiger partial charge in [0.15, 0.2) is 0 Å². The standard InChI is InChI=1S/C13H13Br2NOS/c1-8(12-5-6-13(15)18-12)16-11-7-9(17-2)3-4-10(11)14/h3-8,16H,1-2H3. The van der Waals surface area contributed by atoms with E-state index in [0.717, 1.165) is 19.7 Å². The lowest BCUT2D eigenvalue weighted by Crippen LogP contribution is -2.05. The summed E-state index contributed by atoms with van der Waals surface area (Å²) in [6.07, 6.45) is 0. The van der Waals surface area contributed by atoms with Gasteiger partial charge in [-0.15, -0.1) is 11.3 Å². The fourth-order valence-electron chi connectivity index (χ4n) is 1.61. The Hall–Kier alpha value is -0.520. The molecule has 0 saturated carbocycles. The maximum absolute atomic E-state index is 5.24. The zero-order valence-electron chi connectivity index (χ0n) is 10.0. The van der Waals surface area contributed by atoms with Gasteiger partial charge in [-0.05, 0) is 63.0 Å². The molecule has 0 radical (unpaired) electrons. The molecule has 1 heterocycles. The highest BCUT2D eigenvalue weighted by Gasteiger charge is 2.10. The van der Waals surface area contributed by atoms with E-state index in [4.69, 9.17) is 4.74 Å². The first-order valence-electron chi connectivity index (χ1n) is 5.45. The van der Waals surface area contributed by atoms with Crippen molar-refractivity contribution < 1.29 is 4.74 Å². The maximum Gasteiger partial charge on any atom is 0.121 e. The normalized spacial score (nSPS) is 12.2. The molecule has 0 amide bonds. The topological polar surface area (TPSA) is 21.3 Å². The van der Waals surface area contributed by atoms with Crippen molar-refractivity contribution in [1.82, 2.24) is 0 Å². The van der Waals surface area contributed by atoms with Crippen LogP contribution < -0.4 is 10.1 Å². The molecule has 96 valence electrons. The average molecular weight is 391 g/mol. The molecule has 0 aliphatic rings. The van der Waals surface area contributed by atoms with Crippen LogP contribution in [0.4, 0.5) is 5.69 Å². The fourth-order valence-corrected chi connectivity index (χ4v) is 3.39. The first-order valence-corrected chi connectivity index (χ1v) is 7.85. The monoisotopic (exact) mass is 389 g/mol. The maximum atomic E-state index is 5.24. The van der Waals surface area contributed by atoms with Gasteiger partial charge in [-0.2, -0.15) is 0 Å². The fraction of sp³-hybridized carbons (Fsp3) is 0.231. The number of halogens is 2. The Morgan fingerprint density at radius 2 is 2.00 bits per heavy atom. The molecule has 18 heavy (non-hydrogen) atoms. The summed E-state index contributed by atoms with van der Waals surface area (Å²) < 4.78 is 7.42. The van der Waals surface area contributed by atoms with Gasteiger partial charge in [0.25, 0.3) is 0 Å². The third kappa shape index (κ3) is 3.28. The number of thiophene rings is 1. The molecule has 1 unspecified atom stereocenters. The Kier molecular flexibility index (Phi) is 4.70. The first kappa shape index (κ1) is 13.9. The molecule has 0 fully saturated rings. The van der Waals surface area contributed by atoms with Crippen molar-refractivity contribution in [3.63, 3.8) is 0 Å². The Morgan fingerprint density at radius 1 is 1.22 bits per heavy atom. The van der Waals surface area contributed by atoms with E-state index in [0.29, 0.717) is 0 Å². The highest BCUT2D eigenvalue weighted by atomic mass is 79.9. The highest BCUT2D eigenvalue weighted by Crippen LogP contribution is 2.33. The summed E-state index contributed by atoms with van der Waals surface area (Å²) in [5.74, 6) is 0.847. The molecule has 1 N–H and O–H groups in total. The van der Waals surface area contributed by atoms with Gasteiger partial charge in [0.05, 0.1) is 22.6 Å². The predicted octanol–water partition coefficient (Wildman–Crippen LogP) is 5.45. The van der Waals surface area contributed by atoms with E-state index in [-0.39, 0.29) is 6.04 Å². The summed E-state index contributed by atoms with van der Waals surface area (Å²) >= 11 is 8.77. The van der Waals surface area contributed by atoms with Crippen LogP contribution in [0.15, 0.2) is 38.6 Å². The molecular formula is C13H13Br2NOS. The Labute approximate surface area is 128 Å². The van der Waals surface area contributed by atoms with E-state index in [1.807, 2.05) is 18.2 Å². The lowest BCUT2D eigenvalue weighted by Gasteiger charge is -2.16. The van der Waals surface area contributed by atoms with Crippen LogP contribution in [0.3, 0.4) is 0 Å². The van der Waals surface area contributed by atoms with Crippen molar-refractivity contribution in [3.8, 4) is 5.75 Å². The molecular weight excluding hydrogens is 378 g/mol. The molecule has 2 rings (SSSR count). The van der Waals surface area contributed by atoms with Gasteiger partial charge in [-0.25, -0.2) is 0 Å². The quantitative estimate of drug-likeness (QED) is 0.748. The first-order chi connectivity index (χ1) is 8.60. The van der Waals surface area contributed by atoms with E-state index in [9.17, 15) is 0 Å². The van der Waals surface area contributed by atoms with Gasteiger partial charge in [-0.3, -0.25) is 0 Å². The minimum Gasteiger partial charge on any atom is -0.497 e. The largest absolute Gasteiger partial charge is 0.497 e.